The van der Waals surface area contributed by atoms with Crippen LogP contribution in [-0.2, 0) is 14.3 Å². The first-order valence-electron chi connectivity index (χ1n) is 13.0. The number of carbonyl (C=O) groups is 1. The number of aliphatic carboxylic acids is 1. The molecule has 2 N–H and O–H groups in total. The summed E-state index contributed by atoms with van der Waals surface area (Å²) in [5, 5.41) is 22.0. The van der Waals surface area contributed by atoms with E-state index >= 15 is 4.39 Å². The molecular weight excluding hydrogens is 423 g/mol. The van der Waals surface area contributed by atoms with Gasteiger partial charge in [-0.25, -0.2) is 4.39 Å². The Labute approximate surface area is 199 Å². The fourth-order valence-electron chi connectivity index (χ4n) is 5.23. The number of aliphatic hydroxyl groups excluding tert-OH is 1. The number of carboxylic acids is 1. The van der Waals surface area contributed by atoms with Gasteiger partial charge < -0.3 is 19.7 Å². The van der Waals surface area contributed by atoms with E-state index < -0.39 is 29.4 Å². The highest BCUT2D eigenvalue weighted by Crippen LogP contribution is 2.50. The quantitative estimate of drug-likeness (QED) is 0.219. The zero-order valence-corrected chi connectivity index (χ0v) is 20.9. The highest BCUT2D eigenvalue weighted by atomic mass is 19.1. The number of unbranched alkanes of at least 4 members (excludes halogenated alkanes) is 1. The van der Waals surface area contributed by atoms with E-state index in [9.17, 15) is 15.0 Å². The summed E-state index contributed by atoms with van der Waals surface area (Å²) in [5.74, 6) is -1.18. The third-order valence-corrected chi connectivity index (χ3v) is 7.21. The molecule has 6 heteroatoms. The predicted octanol–water partition coefficient (Wildman–Crippen LogP) is 6.70. The molecule has 1 saturated carbocycles. The molecule has 190 valence electrons. The molecule has 2 rings (SSSR count). The number of halogens is 1. The number of carboxylic acid groups (broad SMARTS) is 1. The van der Waals surface area contributed by atoms with Crippen molar-refractivity contribution in [2.75, 3.05) is 6.61 Å². The molecule has 0 radical (unpaired) electrons. The van der Waals surface area contributed by atoms with Crippen molar-refractivity contribution in [3.05, 3.63) is 24.0 Å². The van der Waals surface area contributed by atoms with E-state index in [0.717, 1.165) is 44.9 Å². The Bertz CT molecular complexity index is 647. The molecule has 4 atom stereocenters. The first-order valence-corrected chi connectivity index (χ1v) is 13.0. The van der Waals surface area contributed by atoms with Crippen LogP contribution in [0.4, 0.5) is 4.39 Å². The average Bonchev–Trinajstić information content (AvgIpc) is 3.32. The largest absolute Gasteiger partial charge is 0.480 e. The molecule has 0 spiro atoms. The molecule has 0 aromatic rings. The summed E-state index contributed by atoms with van der Waals surface area (Å²) in [4.78, 5) is 13.0. The van der Waals surface area contributed by atoms with Crippen LogP contribution in [0.2, 0.25) is 0 Å². The number of ether oxygens (including phenoxy) is 2. The molecule has 1 heterocycles. The number of alkyl halides is 1. The van der Waals surface area contributed by atoms with E-state index in [4.69, 9.17) is 9.47 Å². The lowest BCUT2D eigenvalue weighted by atomic mass is 9.67. The second kappa shape index (κ2) is 13.5. The number of rotatable bonds is 14. The van der Waals surface area contributed by atoms with Crippen LogP contribution in [0.1, 0.15) is 104 Å². The topological polar surface area (TPSA) is 76.0 Å². The molecule has 1 saturated heterocycles. The summed E-state index contributed by atoms with van der Waals surface area (Å²) in [6.07, 6.45) is 12.6. The van der Waals surface area contributed by atoms with Crippen molar-refractivity contribution in [3.63, 3.8) is 0 Å². The van der Waals surface area contributed by atoms with Gasteiger partial charge in [-0.05, 0) is 63.9 Å². The molecule has 2 unspecified atom stereocenters. The third kappa shape index (κ3) is 7.54. The monoisotopic (exact) mass is 468 g/mol. The van der Waals surface area contributed by atoms with Gasteiger partial charge in [-0.15, -0.1) is 0 Å². The fraction of sp³-hybridized carbons (Fsp3) is 0.815. The van der Waals surface area contributed by atoms with Gasteiger partial charge in [0.25, 0.3) is 0 Å². The van der Waals surface area contributed by atoms with Crippen molar-refractivity contribution in [2.24, 2.45) is 11.3 Å². The lowest BCUT2D eigenvalue weighted by Gasteiger charge is -2.42. The van der Waals surface area contributed by atoms with E-state index in [-0.39, 0.29) is 24.5 Å². The third-order valence-electron chi connectivity index (χ3n) is 7.21. The lowest BCUT2D eigenvalue weighted by Crippen LogP contribution is -2.50. The van der Waals surface area contributed by atoms with E-state index in [2.05, 4.69) is 0 Å². The van der Waals surface area contributed by atoms with Crippen LogP contribution in [0.15, 0.2) is 24.0 Å². The zero-order valence-electron chi connectivity index (χ0n) is 20.9. The average molecular weight is 469 g/mol. The molecule has 2 fully saturated rings. The molecule has 0 amide bonds. The molecule has 0 aromatic carbocycles. The first-order chi connectivity index (χ1) is 15.8. The molecule has 0 bridgehead atoms. The van der Waals surface area contributed by atoms with Gasteiger partial charge in [-0.1, -0.05) is 51.7 Å². The van der Waals surface area contributed by atoms with E-state index in [1.807, 2.05) is 26.0 Å². The molecule has 2 aliphatic rings. The van der Waals surface area contributed by atoms with Crippen LogP contribution >= 0.6 is 0 Å². The van der Waals surface area contributed by atoms with Gasteiger partial charge >= 0.3 is 5.97 Å². The highest BCUT2D eigenvalue weighted by Gasteiger charge is 2.56. The summed E-state index contributed by atoms with van der Waals surface area (Å²) in [7, 11) is 0. The summed E-state index contributed by atoms with van der Waals surface area (Å²) in [6, 6.07) is 0. The van der Waals surface area contributed by atoms with Gasteiger partial charge in [-0.3, -0.25) is 4.79 Å². The van der Waals surface area contributed by atoms with E-state index in [0.29, 0.717) is 32.3 Å². The van der Waals surface area contributed by atoms with Crippen LogP contribution in [0, 0.1) is 11.3 Å². The number of hydrogen-bond donors (Lipinski definition) is 2. The van der Waals surface area contributed by atoms with Crippen molar-refractivity contribution < 1.29 is 28.9 Å². The Morgan fingerprint density at radius 2 is 1.88 bits per heavy atom. The van der Waals surface area contributed by atoms with E-state index in [1.165, 1.54) is 0 Å². The van der Waals surface area contributed by atoms with Gasteiger partial charge in [0.15, 0.2) is 11.7 Å². The maximum Gasteiger partial charge on any atom is 0.320 e. The molecule has 1 aliphatic heterocycles. The maximum atomic E-state index is 15.3. The molecule has 33 heavy (non-hydrogen) atoms. The van der Waals surface area contributed by atoms with Crippen molar-refractivity contribution in [1.82, 2.24) is 0 Å². The Hall–Kier alpha value is -1.40. The summed E-state index contributed by atoms with van der Waals surface area (Å²) in [5.41, 5.74) is -3.08. The van der Waals surface area contributed by atoms with E-state index in [1.54, 1.807) is 13.0 Å². The number of aliphatic hydroxyl groups is 1. The Morgan fingerprint density at radius 3 is 2.45 bits per heavy atom. The molecule has 0 aromatic heterocycles. The Morgan fingerprint density at radius 1 is 1.18 bits per heavy atom. The molecule has 1 aliphatic carbocycles. The van der Waals surface area contributed by atoms with Gasteiger partial charge in [0, 0.05) is 12.8 Å². The van der Waals surface area contributed by atoms with Crippen LogP contribution in [0.3, 0.4) is 0 Å². The van der Waals surface area contributed by atoms with Crippen LogP contribution in [0.5, 0.6) is 0 Å². The minimum atomic E-state index is -1.61. The minimum Gasteiger partial charge on any atom is -0.480 e. The number of allylic oxidation sites excluding steroid dienone is 2. The second-order valence-corrected chi connectivity index (χ2v) is 9.99. The van der Waals surface area contributed by atoms with Crippen molar-refractivity contribution in [2.45, 2.75) is 122 Å². The lowest BCUT2D eigenvalue weighted by molar-refractivity contribution is -0.182. The maximum absolute atomic E-state index is 15.3. The molecular formula is C27H45FO5. The standard InChI is InChI=1S/C27H45FO5/c1-4-6-8-15-22(29)27(25(30)31,21-13-9-10-14-21)23(33-24-16-11-12-20-32-24)17-19-26(3,28)18-7-5-2/h6,8,17,21-22,24,29H,4-5,7,9-16,18-20H2,1-3H3,(H,30,31)/t22-,24?,26?,27-/m1/s1. The zero-order chi connectivity index (χ0) is 24.3. The van der Waals surface area contributed by atoms with Crippen LogP contribution in [0.25, 0.3) is 0 Å². The smallest absolute Gasteiger partial charge is 0.320 e. The van der Waals surface area contributed by atoms with Crippen molar-refractivity contribution in [3.8, 4) is 0 Å². The predicted molar refractivity (Wildman–Crippen MR) is 128 cm³/mol. The van der Waals surface area contributed by atoms with Gasteiger partial charge in [0.1, 0.15) is 11.4 Å². The highest BCUT2D eigenvalue weighted by molar-refractivity contribution is 5.79. The fourth-order valence-corrected chi connectivity index (χ4v) is 5.23. The van der Waals surface area contributed by atoms with Crippen LogP contribution < -0.4 is 0 Å². The van der Waals surface area contributed by atoms with Gasteiger partial charge in [0.2, 0.25) is 0 Å². The normalized spacial score (nSPS) is 25.0. The molecule has 5 nitrogen and oxygen atoms in total. The van der Waals surface area contributed by atoms with Crippen LogP contribution in [-0.4, -0.2) is 40.9 Å². The first kappa shape index (κ1) is 27.8. The van der Waals surface area contributed by atoms with Crippen molar-refractivity contribution in [1.29, 1.82) is 0 Å². The summed E-state index contributed by atoms with van der Waals surface area (Å²) >= 11 is 0. The SMILES string of the molecule is CCC=CC[C@@H](O)[C@@](C(=O)O)(C(=CCC(C)(F)CCCC)OC1CCCCO1)C1CCCC1. The van der Waals surface area contributed by atoms with Crippen molar-refractivity contribution >= 4 is 5.97 Å². The Kier molecular flexibility index (Phi) is 11.4. The number of hydrogen-bond acceptors (Lipinski definition) is 4. The minimum absolute atomic E-state index is 0.0499. The summed E-state index contributed by atoms with van der Waals surface area (Å²) < 4.78 is 27.3. The second-order valence-electron chi connectivity index (χ2n) is 9.99. The van der Waals surface area contributed by atoms with Gasteiger partial charge in [0.05, 0.1) is 12.7 Å². The van der Waals surface area contributed by atoms with Gasteiger partial charge in [-0.2, -0.15) is 0 Å². The Balaban J connectivity index is 2.49. The summed E-state index contributed by atoms with van der Waals surface area (Å²) in [6.45, 7) is 6.14.